The van der Waals surface area contributed by atoms with E-state index in [1.807, 2.05) is 46.7 Å². The number of carbonyl (C=O) groups excluding carboxylic acids is 3. The van der Waals surface area contributed by atoms with E-state index >= 15 is 0 Å². The molecule has 2 fully saturated rings. The maximum Gasteiger partial charge on any atom is 0.254 e. The number of pyridine rings is 1. The molecule has 1 saturated carbocycles. The van der Waals surface area contributed by atoms with Crippen molar-refractivity contribution in [2.45, 2.75) is 44.4 Å². The summed E-state index contributed by atoms with van der Waals surface area (Å²) in [5.74, 6) is -0.603. The van der Waals surface area contributed by atoms with Crippen LogP contribution in [0.25, 0.3) is 10.2 Å². The van der Waals surface area contributed by atoms with Crippen LogP contribution in [0.1, 0.15) is 41.6 Å². The Balaban J connectivity index is 1.20. The zero-order chi connectivity index (χ0) is 23.7. The first-order chi connectivity index (χ1) is 16.5. The second kappa shape index (κ2) is 9.52. The molecule has 2 aromatic heterocycles. The van der Waals surface area contributed by atoms with Gasteiger partial charge in [-0.05, 0) is 48.8 Å². The fourth-order valence-electron chi connectivity index (χ4n) is 4.81. The third kappa shape index (κ3) is 4.67. The van der Waals surface area contributed by atoms with E-state index in [4.69, 9.17) is 10.5 Å². The zero-order valence-electron chi connectivity index (χ0n) is 18.7. The van der Waals surface area contributed by atoms with Gasteiger partial charge < -0.3 is 10.5 Å². The van der Waals surface area contributed by atoms with E-state index in [2.05, 4.69) is 4.98 Å². The molecule has 1 aliphatic carbocycles. The van der Waals surface area contributed by atoms with Crippen LogP contribution in [0.2, 0.25) is 0 Å². The van der Waals surface area contributed by atoms with Gasteiger partial charge in [0.2, 0.25) is 17.7 Å². The smallest absolute Gasteiger partial charge is 0.254 e. The summed E-state index contributed by atoms with van der Waals surface area (Å²) < 4.78 is 6.98. The summed E-state index contributed by atoms with van der Waals surface area (Å²) in [7, 11) is 0. The van der Waals surface area contributed by atoms with Crippen molar-refractivity contribution < 1.29 is 19.1 Å². The molecule has 3 amide bonds. The maximum absolute atomic E-state index is 12.9. The first-order valence-electron chi connectivity index (χ1n) is 11.4. The topological polar surface area (TPSA) is 106 Å². The van der Waals surface area contributed by atoms with Crippen molar-refractivity contribution in [3.8, 4) is 5.88 Å². The lowest BCUT2D eigenvalue weighted by Crippen LogP contribution is -2.57. The largest absolute Gasteiger partial charge is 0.474 e. The number of piperazine rings is 1. The average molecular weight is 479 g/mol. The molecule has 3 aromatic rings. The van der Waals surface area contributed by atoms with Gasteiger partial charge in [-0.25, -0.2) is 4.98 Å². The van der Waals surface area contributed by atoms with Crippen LogP contribution in [0.4, 0.5) is 0 Å². The number of nitrogens with zero attached hydrogens (tertiary/aromatic N) is 3. The van der Waals surface area contributed by atoms with Crippen molar-refractivity contribution >= 4 is 39.3 Å². The molecule has 1 aliphatic heterocycles. The number of carbonyl (C=O) groups is 3. The summed E-state index contributed by atoms with van der Waals surface area (Å²) in [5, 5.41) is 1.91. The Morgan fingerprint density at radius 2 is 1.76 bits per heavy atom. The minimum atomic E-state index is -0.573. The molecule has 1 saturated heterocycles. The lowest BCUT2D eigenvalue weighted by Gasteiger charge is -2.40. The van der Waals surface area contributed by atoms with Crippen molar-refractivity contribution in [1.29, 1.82) is 0 Å². The van der Waals surface area contributed by atoms with E-state index in [9.17, 15) is 14.4 Å². The third-order valence-electron chi connectivity index (χ3n) is 6.46. The number of hydrogen-bond acceptors (Lipinski definition) is 7. The van der Waals surface area contributed by atoms with Gasteiger partial charge in [0.15, 0.2) is 0 Å². The van der Waals surface area contributed by atoms with Gasteiger partial charge in [0.05, 0.1) is 23.3 Å². The van der Waals surface area contributed by atoms with E-state index in [0.29, 0.717) is 32.2 Å². The van der Waals surface area contributed by atoms with Gasteiger partial charge >= 0.3 is 0 Å². The number of thiophene rings is 1. The molecule has 9 heteroatoms. The van der Waals surface area contributed by atoms with Gasteiger partial charge in [0.25, 0.3) is 5.91 Å². The van der Waals surface area contributed by atoms with Gasteiger partial charge in [0.1, 0.15) is 11.7 Å². The number of hydrogen-bond donors (Lipinski definition) is 1. The van der Waals surface area contributed by atoms with Crippen molar-refractivity contribution in [2.75, 3.05) is 13.1 Å². The van der Waals surface area contributed by atoms with E-state index < -0.39 is 5.91 Å². The number of benzene rings is 1. The highest BCUT2D eigenvalue weighted by Gasteiger charge is 2.38. The normalized spacial score (nSPS) is 21.7. The molecule has 1 aromatic carbocycles. The Kier molecular flexibility index (Phi) is 6.30. The van der Waals surface area contributed by atoms with Gasteiger partial charge in [-0.2, -0.15) is 0 Å². The zero-order valence-corrected chi connectivity index (χ0v) is 19.5. The lowest BCUT2D eigenvalue weighted by atomic mass is 9.91. The second-order valence-electron chi connectivity index (χ2n) is 8.85. The summed E-state index contributed by atoms with van der Waals surface area (Å²) in [5.41, 5.74) is 7.67. The van der Waals surface area contributed by atoms with E-state index in [1.54, 1.807) is 6.07 Å². The summed E-state index contributed by atoms with van der Waals surface area (Å²) in [6.07, 6.45) is 2.50. The van der Waals surface area contributed by atoms with Crippen molar-refractivity contribution in [2.24, 2.45) is 5.73 Å². The number of amides is 3. The molecule has 0 radical (unpaired) electrons. The molecule has 176 valence electrons. The van der Waals surface area contributed by atoms with Crippen LogP contribution >= 0.6 is 11.3 Å². The molecular weight excluding hydrogens is 452 g/mol. The Morgan fingerprint density at radius 1 is 1.06 bits per heavy atom. The molecule has 34 heavy (non-hydrogen) atoms. The molecule has 0 bridgehead atoms. The highest BCUT2D eigenvalue weighted by Crippen LogP contribution is 2.31. The molecule has 0 atom stereocenters. The van der Waals surface area contributed by atoms with Gasteiger partial charge in [-0.1, -0.05) is 30.3 Å². The second-order valence-corrected chi connectivity index (χ2v) is 9.79. The quantitative estimate of drug-likeness (QED) is 0.546. The van der Waals surface area contributed by atoms with Gasteiger partial charge in [-0.3, -0.25) is 24.2 Å². The summed E-state index contributed by atoms with van der Waals surface area (Å²) in [6, 6.07) is 13.3. The minimum absolute atomic E-state index is 0.123. The Labute approximate surface area is 201 Å². The first kappa shape index (κ1) is 22.5. The molecule has 2 N–H and O–H groups in total. The molecule has 8 nitrogen and oxygen atoms in total. The van der Waals surface area contributed by atoms with Crippen molar-refractivity contribution in [3.05, 3.63) is 59.0 Å². The van der Waals surface area contributed by atoms with Crippen LogP contribution in [0.15, 0.2) is 47.8 Å². The standard InChI is InChI=1S/C25H26N4O4S/c26-24(32)19-12-21-20(10-11-34-21)27-25(19)33-18-8-6-17(7-9-18)29-22(30)14-28(15-23(29)31)13-16-4-2-1-3-5-16/h1-5,10-12,17-18H,6-9,13-15H2,(H2,26,32)/t17-,18-. The highest BCUT2D eigenvalue weighted by atomic mass is 32.1. The van der Waals surface area contributed by atoms with Crippen LogP contribution in [-0.2, 0) is 16.1 Å². The molecule has 5 rings (SSSR count). The molecule has 3 heterocycles. The Hall–Kier alpha value is -3.30. The van der Waals surface area contributed by atoms with E-state index in [1.165, 1.54) is 16.2 Å². The number of fused-ring (bicyclic) bond motifs is 1. The maximum atomic E-state index is 12.9. The predicted molar refractivity (Wildman–Crippen MR) is 128 cm³/mol. The van der Waals surface area contributed by atoms with Crippen LogP contribution in [0.3, 0.4) is 0 Å². The van der Waals surface area contributed by atoms with Crippen molar-refractivity contribution in [3.63, 3.8) is 0 Å². The minimum Gasteiger partial charge on any atom is -0.474 e. The fraction of sp³-hybridized carbons (Fsp3) is 0.360. The number of aromatic nitrogens is 1. The van der Waals surface area contributed by atoms with E-state index in [-0.39, 0.29) is 48.5 Å². The molecular formula is C25H26N4O4S. The number of ether oxygens (including phenoxy) is 1. The van der Waals surface area contributed by atoms with Crippen LogP contribution in [0.5, 0.6) is 5.88 Å². The molecule has 0 spiro atoms. The number of nitrogens with two attached hydrogens (primary N) is 1. The lowest BCUT2D eigenvalue weighted by molar-refractivity contribution is -0.155. The third-order valence-corrected chi connectivity index (χ3v) is 7.31. The fourth-order valence-corrected chi connectivity index (χ4v) is 5.58. The van der Waals surface area contributed by atoms with Crippen LogP contribution < -0.4 is 10.5 Å². The summed E-state index contributed by atoms with van der Waals surface area (Å²) >= 11 is 1.49. The number of imide groups is 1. The average Bonchev–Trinajstić information content (AvgIpc) is 3.27. The van der Waals surface area contributed by atoms with Crippen molar-refractivity contribution in [1.82, 2.24) is 14.8 Å². The highest BCUT2D eigenvalue weighted by molar-refractivity contribution is 7.17. The summed E-state index contributed by atoms with van der Waals surface area (Å²) in [6.45, 7) is 1.06. The van der Waals surface area contributed by atoms with Gasteiger partial charge in [0, 0.05) is 12.6 Å². The first-order valence-corrected chi connectivity index (χ1v) is 12.3. The Bertz CT molecular complexity index is 1200. The summed E-state index contributed by atoms with van der Waals surface area (Å²) in [4.78, 5) is 45.5. The van der Waals surface area contributed by atoms with E-state index in [0.717, 1.165) is 15.8 Å². The molecule has 2 aliphatic rings. The van der Waals surface area contributed by atoms with Crippen LogP contribution in [0, 0.1) is 0 Å². The molecule has 0 unspecified atom stereocenters. The predicted octanol–water partition coefficient (Wildman–Crippen LogP) is 2.96. The Morgan fingerprint density at radius 3 is 2.44 bits per heavy atom. The monoisotopic (exact) mass is 478 g/mol. The number of primary amides is 1. The SMILES string of the molecule is NC(=O)c1cc2sccc2nc1O[C@H]1CC[C@H](N2C(=O)CN(Cc3ccccc3)CC2=O)CC1. The van der Waals surface area contributed by atoms with Gasteiger partial charge in [-0.15, -0.1) is 11.3 Å². The number of rotatable bonds is 6. The van der Waals surface area contributed by atoms with Crippen LogP contribution in [-0.4, -0.2) is 57.7 Å².